The lowest BCUT2D eigenvalue weighted by Crippen LogP contribution is -2.21. The van der Waals surface area contributed by atoms with Gasteiger partial charge < -0.3 is 5.11 Å². The van der Waals surface area contributed by atoms with Gasteiger partial charge in [-0.3, -0.25) is 0 Å². The molecule has 0 saturated heterocycles. The Morgan fingerprint density at radius 1 is 1.12 bits per heavy atom. The van der Waals surface area contributed by atoms with Crippen molar-refractivity contribution in [1.29, 1.82) is 0 Å². The lowest BCUT2D eigenvalue weighted by Gasteiger charge is -2.19. The van der Waals surface area contributed by atoms with Gasteiger partial charge in [-0.2, -0.15) is 0 Å². The standard InChI is InChI=1S/C14H16Cl2O/c15-12-2-1-8(3-13(12)16)4-14(17)11-6-9-5-10(9)7-11/h1-3,9-11,14,17H,4-7H2. The smallest absolute Gasteiger partial charge is 0.0608 e. The van der Waals surface area contributed by atoms with Crippen LogP contribution in [0.15, 0.2) is 18.2 Å². The molecule has 3 unspecified atom stereocenters. The quantitative estimate of drug-likeness (QED) is 0.882. The number of fused-ring (bicyclic) bond motifs is 1. The fourth-order valence-corrected chi connectivity index (χ4v) is 3.47. The maximum atomic E-state index is 10.2. The van der Waals surface area contributed by atoms with Gasteiger partial charge in [0.2, 0.25) is 0 Å². The van der Waals surface area contributed by atoms with E-state index in [1.165, 1.54) is 19.3 Å². The molecule has 0 aliphatic heterocycles. The molecule has 1 N–H and O–H groups in total. The maximum Gasteiger partial charge on any atom is 0.0608 e. The second-order valence-electron chi connectivity index (χ2n) is 5.51. The van der Waals surface area contributed by atoms with E-state index in [0.29, 0.717) is 22.4 Å². The van der Waals surface area contributed by atoms with E-state index in [9.17, 15) is 5.11 Å². The molecule has 0 aromatic heterocycles. The molecule has 0 radical (unpaired) electrons. The molecule has 2 aliphatic carbocycles. The van der Waals surface area contributed by atoms with Crippen molar-refractivity contribution in [1.82, 2.24) is 0 Å². The number of rotatable bonds is 3. The number of halogens is 2. The summed E-state index contributed by atoms with van der Waals surface area (Å²) < 4.78 is 0. The van der Waals surface area contributed by atoms with Crippen LogP contribution in [-0.2, 0) is 6.42 Å². The lowest BCUT2D eigenvalue weighted by molar-refractivity contribution is 0.104. The molecule has 1 nitrogen and oxygen atoms in total. The molecule has 17 heavy (non-hydrogen) atoms. The summed E-state index contributed by atoms with van der Waals surface area (Å²) in [6.07, 6.45) is 4.30. The van der Waals surface area contributed by atoms with Gasteiger partial charge in [0.15, 0.2) is 0 Å². The lowest BCUT2D eigenvalue weighted by atomic mass is 9.92. The van der Waals surface area contributed by atoms with Crippen LogP contribution < -0.4 is 0 Å². The molecule has 0 bridgehead atoms. The zero-order valence-electron chi connectivity index (χ0n) is 9.57. The summed E-state index contributed by atoms with van der Waals surface area (Å²) in [5.74, 6) is 2.33. The molecule has 1 aromatic rings. The van der Waals surface area contributed by atoms with Gasteiger partial charge in [0.1, 0.15) is 0 Å². The molecule has 2 aliphatic rings. The first kappa shape index (κ1) is 11.8. The summed E-state index contributed by atoms with van der Waals surface area (Å²) >= 11 is 11.8. The van der Waals surface area contributed by atoms with E-state index < -0.39 is 0 Å². The summed E-state index contributed by atoms with van der Waals surface area (Å²) in [6.45, 7) is 0. The predicted octanol–water partition coefficient (Wildman–Crippen LogP) is 3.94. The van der Waals surface area contributed by atoms with E-state index in [0.717, 1.165) is 17.4 Å². The van der Waals surface area contributed by atoms with Crippen molar-refractivity contribution in [3.63, 3.8) is 0 Å². The number of aliphatic hydroxyl groups is 1. The highest BCUT2D eigenvalue weighted by molar-refractivity contribution is 6.42. The molecule has 2 saturated carbocycles. The molecule has 0 amide bonds. The van der Waals surface area contributed by atoms with Crippen LogP contribution in [-0.4, -0.2) is 11.2 Å². The van der Waals surface area contributed by atoms with E-state index in [4.69, 9.17) is 23.2 Å². The summed E-state index contributed by atoms with van der Waals surface area (Å²) in [4.78, 5) is 0. The summed E-state index contributed by atoms with van der Waals surface area (Å²) in [7, 11) is 0. The van der Waals surface area contributed by atoms with Crippen molar-refractivity contribution in [2.24, 2.45) is 17.8 Å². The number of hydrogen-bond acceptors (Lipinski definition) is 1. The van der Waals surface area contributed by atoms with Crippen molar-refractivity contribution >= 4 is 23.2 Å². The van der Waals surface area contributed by atoms with Crippen molar-refractivity contribution in [3.05, 3.63) is 33.8 Å². The average molecular weight is 271 g/mol. The molecule has 0 spiro atoms. The van der Waals surface area contributed by atoms with Crippen LogP contribution in [0.25, 0.3) is 0 Å². The Bertz CT molecular complexity index is 422. The van der Waals surface area contributed by atoms with Gasteiger partial charge >= 0.3 is 0 Å². The minimum Gasteiger partial charge on any atom is -0.392 e. The summed E-state index contributed by atoms with van der Waals surface area (Å²) in [6, 6.07) is 5.62. The van der Waals surface area contributed by atoms with E-state index in [1.807, 2.05) is 12.1 Å². The van der Waals surface area contributed by atoms with Gasteiger partial charge in [-0.25, -0.2) is 0 Å². The Hall–Kier alpha value is -0.240. The molecular formula is C14H16Cl2O. The minimum absolute atomic E-state index is 0.222. The van der Waals surface area contributed by atoms with Crippen LogP contribution in [0.2, 0.25) is 10.0 Å². The van der Waals surface area contributed by atoms with Crippen molar-refractivity contribution in [2.75, 3.05) is 0 Å². The van der Waals surface area contributed by atoms with Gasteiger partial charge in [-0.05, 0) is 61.1 Å². The fourth-order valence-electron chi connectivity index (χ4n) is 3.15. The van der Waals surface area contributed by atoms with Crippen LogP contribution in [0.4, 0.5) is 0 Å². The Balaban J connectivity index is 1.63. The fraction of sp³-hybridized carbons (Fsp3) is 0.571. The van der Waals surface area contributed by atoms with Gasteiger partial charge in [-0.15, -0.1) is 0 Å². The number of aliphatic hydroxyl groups excluding tert-OH is 1. The van der Waals surface area contributed by atoms with Crippen molar-refractivity contribution in [2.45, 2.75) is 31.8 Å². The van der Waals surface area contributed by atoms with E-state index >= 15 is 0 Å². The van der Waals surface area contributed by atoms with E-state index in [1.54, 1.807) is 6.07 Å². The summed E-state index contributed by atoms with van der Waals surface area (Å²) in [5.41, 5.74) is 1.08. The number of hydrogen-bond donors (Lipinski definition) is 1. The van der Waals surface area contributed by atoms with Gasteiger partial charge in [0, 0.05) is 0 Å². The van der Waals surface area contributed by atoms with Crippen molar-refractivity contribution < 1.29 is 5.11 Å². The highest BCUT2D eigenvalue weighted by atomic mass is 35.5. The zero-order valence-corrected chi connectivity index (χ0v) is 11.1. The molecule has 0 heterocycles. The monoisotopic (exact) mass is 270 g/mol. The molecule has 2 fully saturated rings. The van der Waals surface area contributed by atoms with E-state index in [2.05, 4.69) is 0 Å². The third kappa shape index (κ3) is 2.47. The van der Waals surface area contributed by atoms with Crippen LogP contribution in [0, 0.1) is 17.8 Å². The Morgan fingerprint density at radius 3 is 2.47 bits per heavy atom. The van der Waals surface area contributed by atoms with Crippen LogP contribution in [0.1, 0.15) is 24.8 Å². The van der Waals surface area contributed by atoms with Crippen LogP contribution in [0.5, 0.6) is 0 Å². The maximum absolute atomic E-state index is 10.2. The molecule has 3 heteroatoms. The van der Waals surface area contributed by atoms with Gasteiger partial charge in [0.25, 0.3) is 0 Å². The normalized spacial score (nSPS) is 32.3. The second kappa shape index (κ2) is 4.46. The first-order valence-electron chi connectivity index (χ1n) is 6.25. The SMILES string of the molecule is OC(Cc1ccc(Cl)c(Cl)c1)C1CC2CC2C1. The summed E-state index contributed by atoms with van der Waals surface area (Å²) in [5, 5.41) is 11.4. The second-order valence-corrected chi connectivity index (χ2v) is 6.32. The first-order valence-corrected chi connectivity index (χ1v) is 7.01. The Labute approximate surface area is 112 Å². The third-order valence-corrected chi connectivity index (χ3v) is 4.99. The van der Waals surface area contributed by atoms with E-state index in [-0.39, 0.29) is 6.10 Å². The first-order chi connectivity index (χ1) is 8.13. The Kier molecular flexibility index (Phi) is 3.10. The predicted molar refractivity (Wildman–Crippen MR) is 70.5 cm³/mol. The van der Waals surface area contributed by atoms with Crippen LogP contribution >= 0.6 is 23.2 Å². The largest absolute Gasteiger partial charge is 0.392 e. The molecular weight excluding hydrogens is 255 g/mol. The number of benzene rings is 1. The van der Waals surface area contributed by atoms with Crippen LogP contribution in [0.3, 0.4) is 0 Å². The average Bonchev–Trinajstić information content (AvgIpc) is 2.91. The van der Waals surface area contributed by atoms with Crippen molar-refractivity contribution in [3.8, 4) is 0 Å². The molecule has 3 atom stereocenters. The Morgan fingerprint density at radius 2 is 1.82 bits per heavy atom. The molecule has 1 aromatic carbocycles. The third-order valence-electron chi connectivity index (χ3n) is 4.25. The van der Waals surface area contributed by atoms with Gasteiger partial charge in [-0.1, -0.05) is 29.3 Å². The minimum atomic E-state index is -0.222. The topological polar surface area (TPSA) is 20.2 Å². The molecule has 92 valence electrons. The zero-order chi connectivity index (χ0) is 12.0. The van der Waals surface area contributed by atoms with Gasteiger partial charge in [0.05, 0.1) is 16.1 Å². The highest BCUT2D eigenvalue weighted by Crippen LogP contribution is 2.55. The molecule has 3 rings (SSSR count). The highest BCUT2D eigenvalue weighted by Gasteiger charge is 2.47.